The summed E-state index contributed by atoms with van der Waals surface area (Å²) in [5.74, 6) is 0.135. The van der Waals surface area contributed by atoms with E-state index in [1.54, 1.807) is 51.1 Å². The Hall–Kier alpha value is -3.13. The maximum atomic E-state index is 13.7. The summed E-state index contributed by atoms with van der Waals surface area (Å²) in [5.41, 5.74) is 6.52. The summed E-state index contributed by atoms with van der Waals surface area (Å²) in [5, 5.41) is 24.1. The van der Waals surface area contributed by atoms with E-state index in [1.807, 2.05) is 0 Å². The molecular formula is C23H31N6O8P. The third-order valence-electron chi connectivity index (χ3n) is 5.71. The third kappa shape index (κ3) is 5.96. The highest BCUT2D eigenvalue weighted by molar-refractivity contribution is 7.52. The van der Waals surface area contributed by atoms with Gasteiger partial charge in [0.15, 0.2) is 23.2 Å². The molecule has 0 aliphatic carbocycles. The van der Waals surface area contributed by atoms with E-state index in [4.69, 9.17) is 24.3 Å². The molecule has 1 aliphatic heterocycles. The van der Waals surface area contributed by atoms with Gasteiger partial charge in [-0.1, -0.05) is 18.2 Å². The Bertz CT molecular complexity index is 1320. The molecule has 0 bridgehead atoms. The Morgan fingerprint density at radius 1 is 1.21 bits per heavy atom. The van der Waals surface area contributed by atoms with E-state index in [0.29, 0.717) is 17.0 Å². The van der Waals surface area contributed by atoms with Gasteiger partial charge in [0.2, 0.25) is 0 Å². The van der Waals surface area contributed by atoms with Crippen molar-refractivity contribution in [2.75, 3.05) is 12.3 Å². The van der Waals surface area contributed by atoms with Crippen LogP contribution in [0.2, 0.25) is 0 Å². The third-order valence-corrected chi connectivity index (χ3v) is 7.35. The van der Waals surface area contributed by atoms with Crippen LogP contribution in [0, 0.1) is 6.92 Å². The molecule has 38 heavy (non-hydrogen) atoms. The van der Waals surface area contributed by atoms with Gasteiger partial charge in [-0.2, -0.15) is 5.09 Å². The number of carbonyl (C=O) groups excluding carboxylic acids is 1. The molecule has 1 saturated heterocycles. The number of aryl methyl sites for hydroxylation is 1. The second-order valence-electron chi connectivity index (χ2n) is 9.04. The van der Waals surface area contributed by atoms with Crippen LogP contribution in [0.1, 0.15) is 32.8 Å². The molecular weight excluding hydrogens is 519 g/mol. The molecule has 0 saturated carbocycles. The SMILES string of the molecule is Cc1nc2c(N)ncnc2n1C1OC(COP(=O)(NC(C)C(=O)OC(C)C)Oc2ccccc2)C(O)C1O. The van der Waals surface area contributed by atoms with Crippen LogP contribution >= 0.6 is 7.75 Å². The monoisotopic (exact) mass is 550 g/mol. The topological polar surface area (TPSA) is 193 Å². The first-order valence-corrected chi connectivity index (χ1v) is 13.5. The molecule has 15 heteroatoms. The zero-order chi connectivity index (χ0) is 27.6. The van der Waals surface area contributed by atoms with E-state index in [9.17, 15) is 19.6 Å². The van der Waals surface area contributed by atoms with Crippen molar-refractivity contribution in [2.45, 2.75) is 64.4 Å². The molecule has 1 aromatic carbocycles. The molecule has 14 nitrogen and oxygen atoms in total. The van der Waals surface area contributed by atoms with E-state index in [2.05, 4.69) is 20.0 Å². The largest absolute Gasteiger partial charge is 0.462 e. The first-order valence-electron chi connectivity index (χ1n) is 11.9. The van der Waals surface area contributed by atoms with Crippen molar-refractivity contribution in [3.05, 3.63) is 42.5 Å². The van der Waals surface area contributed by atoms with Crippen LogP contribution in [0.4, 0.5) is 5.82 Å². The standard InChI is InChI=1S/C23H31N6O8P/c1-12(2)35-23(32)13(3)28-38(33,37-15-8-6-5-7-9-15)34-10-16-18(30)19(31)22(36-16)29-14(4)27-17-20(24)25-11-26-21(17)29/h5-9,11-13,16,18-19,22,30-31H,10H2,1-4H3,(H,28,33)(H2,24,25,26). The Balaban J connectivity index is 1.53. The van der Waals surface area contributed by atoms with Crippen LogP contribution in [-0.4, -0.2) is 72.8 Å². The normalized spacial score (nSPS) is 23.9. The Kier molecular flexibility index (Phi) is 8.31. The predicted molar refractivity (Wildman–Crippen MR) is 135 cm³/mol. The highest BCUT2D eigenvalue weighted by atomic mass is 31.2. The second-order valence-corrected chi connectivity index (χ2v) is 10.7. The number of hydrogen-bond acceptors (Lipinski definition) is 12. The van der Waals surface area contributed by atoms with Gasteiger partial charge in [0.05, 0.1) is 12.7 Å². The molecule has 3 heterocycles. The average Bonchev–Trinajstić information content (AvgIpc) is 3.34. The number of aliphatic hydroxyl groups excluding tert-OH is 2. The van der Waals surface area contributed by atoms with Crippen molar-refractivity contribution in [2.24, 2.45) is 0 Å². The van der Waals surface area contributed by atoms with E-state index >= 15 is 0 Å². The number of nitrogen functional groups attached to an aromatic ring is 1. The van der Waals surface area contributed by atoms with Gasteiger partial charge in [-0.25, -0.2) is 19.5 Å². The van der Waals surface area contributed by atoms with E-state index < -0.39 is 50.9 Å². The summed E-state index contributed by atoms with van der Waals surface area (Å²) in [4.78, 5) is 24.8. The number of rotatable bonds is 10. The number of fused-ring (bicyclic) bond motifs is 1. The maximum Gasteiger partial charge on any atom is 0.459 e. The van der Waals surface area contributed by atoms with Crippen LogP contribution in [0.25, 0.3) is 11.2 Å². The van der Waals surface area contributed by atoms with Gasteiger partial charge in [-0.15, -0.1) is 0 Å². The highest BCUT2D eigenvalue weighted by Crippen LogP contribution is 2.46. The lowest BCUT2D eigenvalue weighted by Crippen LogP contribution is -2.38. The van der Waals surface area contributed by atoms with Gasteiger partial charge in [-0.3, -0.25) is 13.9 Å². The minimum Gasteiger partial charge on any atom is -0.462 e. The summed E-state index contributed by atoms with van der Waals surface area (Å²) < 4.78 is 37.5. The van der Waals surface area contributed by atoms with Crippen LogP contribution < -0.4 is 15.3 Å². The van der Waals surface area contributed by atoms with Crippen LogP contribution in [0.15, 0.2) is 36.7 Å². The molecule has 0 amide bonds. The second kappa shape index (κ2) is 11.3. The van der Waals surface area contributed by atoms with Crippen LogP contribution in [-0.2, 0) is 23.4 Å². The van der Waals surface area contributed by atoms with E-state index in [1.165, 1.54) is 17.8 Å². The minimum absolute atomic E-state index is 0.153. The number of anilines is 1. The lowest BCUT2D eigenvalue weighted by molar-refractivity contribution is -0.149. The van der Waals surface area contributed by atoms with E-state index in [0.717, 1.165) is 0 Å². The number of carbonyl (C=O) groups is 1. The van der Waals surface area contributed by atoms with Gasteiger partial charge in [-0.05, 0) is 39.8 Å². The van der Waals surface area contributed by atoms with Crippen molar-refractivity contribution >= 4 is 30.7 Å². The first-order chi connectivity index (χ1) is 18.0. The number of esters is 1. The molecule has 206 valence electrons. The molecule has 4 rings (SSSR count). The van der Waals surface area contributed by atoms with Crippen LogP contribution in [0.5, 0.6) is 5.75 Å². The minimum atomic E-state index is -4.21. The number of imidazole rings is 1. The summed E-state index contributed by atoms with van der Waals surface area (Å²) in [6, 6.07) is 7.18. The molecule has 5 N–H and O–H groups in total. The molecule has 1 fully saturated rings. The predicted octanol–water partition coefficient (Wildman–Crippen LogP) is 1.47. The zero-order valence-electron chi connectivity index (χ0n) is 21.3. The fourth-order valence-electron chi connectivity index (χ4n) is 3.93. The summed E-state index contributed by atoms with van der Waals surface area (Å²) >= 11 is 0. The van der Waals surface area contributed by atoms with Gasteiger partial charge in [0, 0.05) is 0 Å². The summed E-state index contributed by atoms with van der Waals surface area (Å²) in [6.45, 7) is 6.04. The molecule has 1 aliphatic rings. The lowest BCUT2D eigenvalue weighted by Gasteiger charge is -2.25. The number of nitrogens with two attached hydrogens (primary N) is 1. The smallest absolute Gasteiger partial charge is 0.459 e. The summed E-state index contributed by atoms with van der Waals surface area (Å²) in [7, 11) is -4.21. The zero-order valence-corrected chi connectivity index (χ0v) is 22.2. The van der Waals surface area contributed by atoms with Crippen molar-refractivity contribution in [1.29, 1.82) is 0 Å². The van der Waals surface area contributed by atoms with Crippen molar-refractivity contribution in [3.63, 3.8) is 0 Å². The van der Waals surface area contributed by atoms with Crippen molar-refractivity contribution in [1.82, 2.24) is 24.6 Å². The highest BCUT2D eigenvalue weighted by Gasteiger charge is 2.46. The maximum absolute atomic E-state index is 13.7. The molecule has 0 radical (unpaired) electrons. The lowest BCUT2D eigenvalue weighted by atomic mass is 10.1. The number of benzene rings is 1. The number of aromatic nitrogens is 4. The number of nitrogens with zero attached hydrogens (tertiary/aromatic N) is 4. The number of ether oxygens (including phenoxy) is 2. The van der Waals surface area contributed by atoms with Crippen molar-refractivity contribution in [3.8, 4) is 5.75 Å². The van der Waals surface area contributed by atoms with Gasteiger partial charge in [0.1, 0.15) is 42.3 Å². The van der Waals surface area contributed by atoms with Gasteiger partial charge < -0.3 is 29.9 Å². The van der Waals surface area contributed by atoms with E-state index in [-0.39, 0.29) is 17.7 Å². The Labute approximate surface area is 218 Å². The number of para-hydroxylation sites is 1. The number of aliphatic hydroxyl groups is 2. The quantitative estimate of drug-likeness (QED) is 0.210. The molecule has 0 spiro atoms. The van der Waals surface area contributed by atoms with Crippen molar-refractivity contribution < 1.29 is 38.1 Å². The van der Waals surface area contributed by atoms with Gasteiger partial charge in [0.25, 0.3) is 0 Å². The average molecular weight is 551 g/mol. The molecule has 3 aromatic rings. The Morgan fingerprint density at radius 2 is 1.92 bits per heavy atom. The fraction of sp³-hybridized carbons (Fsp3) is 0.478. The Morgan fingerprint density at radius 3 is 2.61 bits per heavy atom. The number of hydrogen-bond donors (Lipinski definition) is 4. The molecule has 6 atom stereocenters. The number of nitrogens with one attached hydrogen (secondary N) is 1. The molecule has 6 unspecified atom stereocenters. The summed E-state index contributed by atoms with van der Waals surface area (Å²) in [6.07, 6.45) is -4.19. The molecule has 2 aromatic heterocycles. The van der Waals surface area contributed by atoms with Gasteiger partial charge >= 0.3 is 13.7 Å². The first kappa shape index (κ1) is 27.9. The fourth-order valence-corrected chi connectivity index (χ4v) is 5.43. The van der Waals surface area contributed by atoms with Crippen LogP contribution in [0.3, 0.4) is 0 Å².